The zero-order valence-corrected chi connectivity index (χ0v) is 15.6. The fourth-order valence-electron chi connectivity index (χ4n) is 2.10. The van der Waals surface area contributed by atoms with Crippen LogP contribution in [-0.2, 0) is 4.79 Å². The van der Waals surface area contributed by atoms with Gasteiger partial charge in [-0.3, -0.25) is 4.79 Å². The topological polar surface area (TPSA) is 80.2 Å². The number of phenols is 1. The Hall–Kier alpha value is -2.73. The van der Waals surface area contributed by atoms with Crippen molar-refractivity contribution in [1.82, 2.24) is 5.43 Å². The van der Waals surface area contributed by atoms with Gasteiger partial charge in [0.1, 0.15) is 5.75 Å². The minimum Gasteiger partial charge on any atom is -0.503 e. The van der Waals surface area contributed by atoms with E-state index in [2.05, 4.69) is 10.5 Å². The van der Waals surface area contributed by atoms with Gasteiger partial charge in [0.05, 0.1) is 17.8 Å². The lowest BCUT2D eigenvalue weighted by atomic mass is 10.1. The molecular formula is C19H21ClN2O4. The molecule has 0 heterocycles. The highest BCUT2D eigenvalue weighted by Crippen LogP contribution is 2.34. The van der Waals surface area contributed by atoms with E-state index in [-0.39, 0.29) is 23.1 Å². The zero-order chi connectivity index (χ0) is 19.1. The van der Waals surface area contributed by atoms with Crippen molar-refractivity contribution in [2.75, 3.05) is 13.2 Å². The van der Waals surface area contributed by atoms with Gasteiger partial charge in [0, 0.05) is 0 Å². The number of hydrazone groups is 1. The van der Waals surface area contributed by atoms with E-state index in [0.717, 1.165) is 11.1 Å². The standard InChI is InChI=1S/C19H21ClN2O4/c1-4-25-17-9-14(8-16(20)19(17)24)10-21-22-18(23)11-26-15-6-5-12(2)13(3)7-15/h5-10,24H,4,11H2,1-3H3,(H,22,23). The second-order valence-electron chi connectivity index (χ2n) is 5.61. The van der Waals surface area contributed by atoms with E-state index in [1.54, 1.807) is 13.0 Å². The molecule has 0 saturated heterocycles. The molecule has 0 aliphatic heterocycles. The quantitative estimate of drug-likeness (QED) is 0.571. The van der Waals surface area contributed by atoms with E-state index in [9.17, 15) is 9.90 Å². The summed E-state index contributed by atoms with van der Waals surface area (Å²) < 4.78 is 10.7. The maximum atomic E-state index is 11.8. The predicted molar refractivity (Wildman–Crippen MR) is 101 cm³/mol. The van der Waals surface area contributed by atoms with Crippen LogP contribution in [0.3, 0.4) is 0 Å². The van der Waals surface area contributed by atoms with Crippen molar-refractivity contribution in [1.29, 1.82) is 0 Å². The average molecular weight is 377 g/mol. The smallest absolute Gasteiger partial charge is 0.277 e. The van der Waals surface area contributed by atoms with Gasteiger partial charge in [-0.25, -0.2) is 5.43 Å². The van der Waals surface area contributed by atoms with Crippen molar-refractivity contribution < 1.29 is 19.4 Å². The van der Waals surface area contributed by atoms with E-state index in [4.69, 9.17) is 21.1 Å². The number of aromatic hydroxyl groups is 1. The minimum absolute atomic E-state index is 0.128. The SMILES string of the molecule is CCOc1cc(C=NNC(=O)COc2ccc(C)c(C)c2)cc(Cl)c1O. The van der Waals surface area contributed by atoms with Gasteiger partial charge < -0.3 is 14.6 Å². The first-order valence-corrected chi connectivity index (χ1v) is 8.45. The fourth-order valence-corrected chi connectivity index (χ4v) is 2.32. The van der Waals surface area contributed by atoms with E-state index < -0.39 is 5.91 Å². The third-order valence-electron chi connectivity index (χ3n) is 3.60. The Morgan fingerprint density at radius 2 is 2.00 bits per heavy atom. The van der Waals surface area contributed by atoms with Crippen LogP contribution in [0, 0.1) is 13.8 Å². The molecule has 0 spiro atoms. The lowest BCUT2D eigenvalue weighted by Crippen LogP contribution is -2.24. The third kappa shape index (κ3) is 5.39. The van der Waals surface area contributed by atoms with Crippen molar-refractivity contribution in [3.63, 3.8) is 0 Å². The van der Waals surface area contributed by atoms with Crippen LogP contribution in [0.4, 0.5) is 0 Å². The lowest BCUT2D eigenvalue weighted by Gasteiger charge is -2.08. The zero-order valence-electron chi connectivity index (χ0n) is 14.9. The number of rotatable bonds is 7. The van der Waals surface area contributed by atoms with Gasteiger partial charge in [0.25, 0.3) is 5.91 Å². The van der Waals surface area contributed by atoms with Crippen LogP contribution in [0.5, 0.6) is 17.2 Å². The lowest BCUT2D eigenvalue weighted by molar-refractivity contribution is -0.123. The summed E-state index contributed by atoms with van der Waals surface area (Å²) in [5.74, 6) is 0.357. The number of carbonyl (C=O) groups is 1. The predicted octanol–water partition coefficient (Wildman–Crippen LogP) is 3.59. The molecule has 138 valence electrons. The first-order valence-electron chi connectivity index (χ1n) is 8.08. The molecule has 7 heteroatoms. The number of benzene rings is 2. The van der Waals surface area contributed by atoms with Crippen LogP contribution < -0.4 is 14.9 Å². The Morgan fingerprint density at radius 1 is 1.23 bits per heavy atom. The molecule has 0 bridgehead atoms. The summed E-state index contributed by atoms with van der Waals surface area (Å²) in [5, 5.41) is 13.8. The summed E-state index contributed by atoms with van der Waals surface area (Å²) in [6, 6.07) is 8.71. The van der Waals surface area contributed by atoms with Crippen LogP contribution in [0.15, 0.2) is 35.4 Å². The van der Waals surface area contributed by atoms with Gasteiger partial charge >= 0.3 is 0 Å². The number of amides is 1. The summed E-state index contributed by atoms with van der Waals surface area (Å²) in [5.41, 5.74) is 5.20. The molecule has 2 aromatic rings. The Kier molecular flexibility index (Phi) is 6.86. The molecule has 2 N–H and O–H groups in total. The van der Waals surface area contributed by atoms with Crippen LogP contribution in [-0.4, -0.2) is 30.4 Å². The Labute approximate surface area is 157 Å². The largest absolute Gasteiger partial charge is 0.503 e. The molecule has 0 aliphatic carbocycles. The number of nitrogens with one attached hydrogen (secondary N) is 1. The molecule has 0 unspecified atom stereocenters. The molecule has 0 fully saturated rings. The first-order chi connectivity index (χ1) is 12.4. The van der Waals surface area contributed by atoms with Gasteiger partial charge in [-0.2, -0.15) is 5.10 Å². The van der Waals surface area contributed by atoms with Gasteiger partial charge in [-0.15, -0.1) is 0 Å². The fraction of sp³-hybridized carbons (Fsp3) is 0.263. The van der Waals surface area contributed by atoms with Gasteiger partial charge in [0.15, 0.2) is 18.1 Å². The number of hydrogen-bond acceptors (Lipinski definition) is 5. The van der Waals surface area contributed by atoms with E-state index in [1.165, 1.54) is 12.3 Å². The molecule has 0 radical (unpaired) electrons. The summed E-state index contributed by atoms with van der Waals surface area (Å²) in [4.78, 5) is 11.8. The van der Waals surface area contributed by atoms with Crippen molar-refractivity contribution in [2.24, 2.45) is 5.10 Å². The highest BCUT2D eigenvalue weighted by atomic mass is 35.5. The monoisotopic (exact) mass is 376 g/mol. The van der Waals surface area contributed by atoms with Crippen LogP contribution in [0.1, 0.15) is 23.6 Å². The Bertz CT molecular complexity index is 821. The molecule has 0 saturated carbocycles. The van der Waals surface area contributed by atoms with Crippen molar-refractivity contribution in [2.45, 2.75) is 20.8 Å². The maximum Gasteiger partial charge on any atom is 0.277 e. The number of hydrogen-bond donors (Lipinski definition) is 2. The highest BCUT2D eigenvalue weighted by Gasteiger charge is 2.09. The van der Waals surface area contributed by atoms with E-state index in [1.807, 2.05) is 32.0 Å². The summed E-state index contributed by atoms with van der Waals surface area (Å²) >= 11 is 5.94. The summed E-state index contributed by atoms with van der Waals surface area (Å²) in [6.07, 6.45) is 1.40. The van der Waals surface area contributed by atoms with Gasteiger partial charge in [-0.1, -0.05) is 17.7 Å². The molecule has 26 heavy (non-hydrogen) atoms. The van der Waals surface area contributed by atoms with E-state index >= 15 is 0 Å². The molecule has 0 atom stereocenters. The number of carbonyl (C=O) groups excluding carboxylic acids is 1. The first kappa shape index (κ1) is 19.6. The van der Waals surface area contributed by atoms with Crippen molar-refractivity contribution in [3.05, 3.63) is 52.0 Å². The molecule has 0 aromatic heterocycles. The average Bonchev–Trinajstić information content (AvgIpc) is 2.60. The summed E-state index contributed by atoms with van der Waals surface area (Å²) in [7, 11) is 0. The second-order valence-corrected chi connectivity index (χ2v) is 6.02. The van der Waals surface area contributed by atoms with Crippen LogP contribution >= 0.6 is 11.6 Å². The Morgan fingerprint density at radius 3 is 2.69 bits per heavy atom. The maximum absolute atomic E-state index is 11.8. The van der Waals surface area contributed by atoms with Gasteiger partial charge in [0.2, 0.25) is 0 Å². The Balaban J connectivity index is 1.91. The van der Waals surface area contributed by atoms with Crippen LogP contribution in [0.25, 0.3) is 0 Å². The van der Waals surface area contributed by atoms with Gasteiger partial charge in [-0.05, 0) is 61.7 Å². The third-order valence-corrected chi connectivity index (χ3v) is 3.89. The number of phenolic OH excluding ortho intramolecular Hbond substituents is 1. The number of nitrogens with zero attached hydrogens (tertiary/aromatic N) is 1. The molecule has 2 rings (SSSR count). The highest BCUT2D eigenvalue weighted by molar-refractivity contribution is 6.32. The number of aryl methyl sites for hydroxylation is 2. The molecule has 1 amide bonds. The second kappa shape index (κ2) is 9.10. The normalized spacial score (nSPS) is 10.8. The minimum atomic E-state index is -0.394. The van der Waals surface area contributed by atoms with Crippen LogP contribution in [0.2, 0.25) is 5.02 Å². The molecule has 2 aromatic carbocycles. The molecule has 0 aliphatic rings. The number of ether oxygens (including phenoxy) is 2. The summed E-state index contributed by atoms with van der Waals surface area (Å²) in [6.45, 7) is 6.01. The van der Waals surface area contributed by atoms with E-state index in [0.29, 0.717) is 17.9 Å². The molecular weight excluding hydrogens is 356 g/mol. The molecule has 6 nitrogen and oxygen atoms in total. The number of halogens is 1. The van der Waals surface area contributed by atoms with Crippen molar-refractivity contribution in [3.8, 4) is 17.2 Å². The van der Waals surface area contributed by atoms with Crippen molar-refractivity contribution >= 4 is 23.7 Å².